The second-order valence-electron chi connectivity index (χ2n) is 6.78. The van der Waals surface area contributed by atoms with Gasteiger partial charge in [-0.15, -0.1) is 0 Å². The molecule has 0 aliphatic carbocycles. The summed E-state index contributed by atoms with van der Waals surface area (Å²) in [5.74, 6) is -0.197. The zero-order valence-corrected chi connectivity index (χ0v) is 16.8. The first-order valence-corrected chi connectivity index (χ1v) is 9.40. The Morgan fingerprint density at radius 1 is 1.16 bits per heavy atom. The van der Waals surface area contributed by atoms with Gasteiger partial charge in [0.1, 0.15) is 6.61 Å². The number of aromatic nitrogens is 1. The molecule has 31 heavy (non-hydrogen) atoms. The molecule has 0 aliphatic heterocycles. The largest absolute Gasteiger partial charge is 0.482 e. The monoisotopic (exact) mass is 419 g/mol. The molecule has 0 saturated carbocycles. The van der Waals surface area contributed by atoms with Gasteiger partial charge in [0.2, 0.25) is 5.91 Å². The van der Waals surface area contributed by atoms with Gasteiger partial charge >= 0.3 is 5.69 Å². The molecule has 9 nitrogen and oxygen atoms in total. The number of aryl methyl sites for hydroxylation is 1. The molecule has 1 aromatic heterocycles. The maximum Gasteiger partial charge on any atom is 0.311 e. The average Bonchev–Trinajstić information content (AvgIpc) is 2.77. The summed E-state index contributed by atoms with van der Waals surface area (Å²) in [4.78, 5) is 27.0. The maximum atomic E-state index is 12.2. The number of hydrogen-bond acceptors (Lipinski definition) is 6. The Hall–Kier alpha value is -4.27. The lowest BCUT2D eigenvalue weighted by atomic mass is 10.1. The number of hydrogen-bond donors (Lipinski definition) is 2. The van der Waals surface area contributed by atoms with E-state index in [0.29, 0.717) is 11.1 Å². The van der Waals surface area contributed by atoms with E-state index in [1.807, 2.05) is 31.2 Å². The number of amidine groups is 1. The molecule has 9 heteroatoms. The minimum Gasteiger partial charge on any atom is -0.482 e. The number of nitrogens with one attached hydrogen (secondary N) is 1. The quantitative estimate of drug-likeness (QED) is 0.250. The number of carbonyl (C=O) groups excluding carboxylic acids is 1. The first-order chi connectivity index (χ1) is 14.9. The van der Waals surface area contributed by atoms with Crippen molar-refractivity contribution >= 4 is 17.4 Å². The predicted molar refractivity (Wildman–Crippen MR) is 115 cm³/mol. The first kappa shape index (κ1) is 21.4. The molecule has 0 spiro atoms. The molecule has 1 heterocycles. The van der Waals surface area contributed by atoms with Crippen LogP contribution in [0.4, 0.5) is 5.69 Å². The SMILES string of the molecule is Cc1cccc(COc2ccc(CC(=O)N/N=C(\N)c3ccncc3)cc2[N+](=O)[O-])c1. The van der Waals surface area contributed by atoms with Gasteiger partial charge in [0.05, 0.1) is 11.3 Å². The van der Waals surface area contributed by atoms with Gasteiger partial charge in [0, 0.05) is 24.0 Å². The van der Waals surface area contributed by atoms with Crippen LogP contribution in [0.25, 0.3) is 0 Å². The molecule has 3 N–H and O–H groups in total. The number of nitro benzene ring substituents is 1. The van der Waals surface area contributed by atoms with Gasteiger partial charge in [-0.25, -0.2) is 5.43 Å². The Balaban J connectivity index is 1.66. The first-order valence-electron chi connectivity index (χ1n) is 9.40. The highest BCUT2D eigenvalue weighted by atomic mass is 16.6. The van der Waals surface area contributed by atoms with E-state index in [1.165, 1.54) is 12.1 Å². The van der Waals surface area contributed by atoms with E-state index in [9.17, 15) is 14.9 Å². The van der Waals surface area contributed by atoms with Crippen molar-refractivity contribution in [2.24, 2.45) is 10.8 Å². The lowest BCUT2D eigenvalue weighted by Crippen LogP contribution is -2.25. The highest BCUT2D eigenvalue weighted by molar-refractivity contribution is 5.97. The summed E-state index contributed by atoms with van der Waals surface area (Å²) in [5.41, 5.74) is 11.0. The zero-order chi connectivity index (χ0) is 22.2. The molecule has 0 radical (unpaired) electrons. The Morgan fingerprint density at radius 2 is 1.94 bits per heavy atom. The van der Waals surface area contributed by atoms with Crippen LogP contribution in [0.15, 0.2) is 72.1 Å². The highest BCUT2D eigenvalue weighted by Crippen LogP contribution is 2.29. The van der Waals surface area contributed by atoms with E-state index in [-0.39, 0.29) is 30.3 Å². The third-order valence-electron chi connectivity index (χ3n) is 4.34. The van der Waals surface area contributed by atoms with Crippen molar-refractivity contribution in [3.8, 4) is 5.75 Å². The molecule has 0 unspecified atom stereocenters. The smallest absolute Gasteiger partial charge is 0.311 e. The summed E-state index contributed by atoms with van der Waals surface area (Å²) in [7, 11) is 0. The highest BCUT2D eigenvalue weighted by Gasteiger charge is 2.17. The van der Waals surface area contributed by atoms with Crippen LogP contribution < -0.4 is 15.9 Å². The fourth-order valence-electron chi connectivity index (χ4n) is 2.84. The Bertz CT molecular complexity index is 1120. The summed E-state index contributed by atoms with van der Waals surface area (Å²) >= 11 is 0. The fourth-order valence-corrected chi connectivity index (χ4v) is 2.84. The molecule has 1 amide bonds. The van der Waals surface area contributed by atoms with Crippen LogP contribution in [-0.4, -0.2) is 21.7 Å². The summed E-state index contributed by atoms with van der Waals surface area (Å²) in [6, 6.07) is 15.4. The minimum absolute atomic E-state index is 0.105. The second-order valence-corrected chi connectivity index (χ2v) is 6.78. The van der Waals surface area contributed by atoms with Crippen molar-refractivity contribution in [3.05, 3.63) is 99.4 Å². The van der Waals surface area contributed by atoms with Gasteiger partial charge in [-0.3, -0.25) is 19.9 Å². The van der Waals surface area contributed by atoms with Gasteiger partial charge in [0.15, 0.2) is 11.6 Å². The molecule has 2 aromatic carbocycles. The van der Waals surface area contributed by atoms with Crippen molar-refractivity contribution in [2.45, 2.75) is 20.0 Å². The van der Waals surface area contributed by atoms with Crippen molar-refractivity contribution in [1.29, 1.82) is 0 Å². The number of pyridine rings is 1. The molecule has 0 aliphatic rings. The topological polar surface area (TPSA) is 133 Å². The number of ether oxygens (including phenoxy) is 1. The van der Waals surface area contributed by atoms with Crippen LogP contribution in [0.3, 0.4) is 0 Å². The fraction of sp³-hybridized carbons (Fsp3) is 0.136. The molecule has 3 rings (SSSR count). The Kier molecular flexibility index (Phi) is 6.89. The van der Waals surface area contributed by atoms with Gasteiger partial charge in [-0.05, 0) is 36.2 Å². The minimum atomic E-state index is -0.535. The third-order valence-corrected chi connectivity index (χ3v) is 4.34. The van der Waals surface area contributed by atoms with Crippen LogP contribution in [-0.2, 0) is 17.8 Å². The van der Waals surface area contributed by atoms with E-state index in [0.717, 1.165) is 11.1 Å². The Morgan fingerprint density at radius 3 is 2.65 bits per heavy atom. The number of rotatable bonds is 8. The second kappa shape index (κ2) is 9.97. The molecular formula is C22H21N5O4. The average molecular weight is 419 g/mol. The van der Waals surface area contributed by atoms with E-state index < -0.39 is 10.8 Å². The van der Waals surface area contributed by atoms with Crippen LogP contribution >= 0.6 is 0 Å². The number of nitro groups is 1. The molecule has 158 valence electrons. The standard InChI is InChI=1S/C22H21N5O4/c1-15-3-2-4-17(11-15)14-31-20-6-5-16(12-19(20)27(29)30)13-21(28)25-26-22(23)18-7-9-24-10-8-18/h2-12H,13-14H2,1H3,(H2,23,26)(H,25,28). The van der Waals surface area contributed by atoms with Crippen molar-refractivity contribution < 1.29 is 14.5 Å². The van der Waals surface area contributed by atoms with Gasteiger partial charge in [0.25, 0.3) is 0 Å². The van der Waals surface area contributed by atoms with E-state index in [4.69, 9.17) is 10.5 Å². The van der Waals surface area contributed by atoms with Gasteiger partial charge < -0.3 is 10.5 Å². The molecule has 0 bridgehead atoms. The van der Waals surface area contributed by atoms with Crippen molar-refractivity contribution in [1.82, 2.24) is 10.4 Å². The van der Waals surface area contributed by atoms with Crippen LogP contribution in [0.1, 0.15) is 22.3 Å². The van der Waals surface area contributed by atoms with Crippen LogP contribution in [0.5, 0.6) is 5.75 Å². The number of nitrogens with zero attached hydrogens (tertiary/aromatic N) is 3. The van der Waals surface area contributed by atoms with E-state index in [2.05, 4.69) is 15.5 Å². The van der Waals surface area contributed by atoms with Crippen molar-refractivity contribution in [2.75, 3.05) is 0 Å². The Labute approximate surface area is 178 Å². The normalized spacial score (nSPS) is 11.1. The number of amides is 1. The summed E-state index contributed by atoms with van der Waals surface area (Å²) in [6.07, 6.45) is 3.01. The summed E-state index contributed by atoms with van der Waals surface area (Å²) < 4.78 is 5.64. The summed E-state index contributed by atoms with van der Waals surface area (Å²) in [6.45, 7) is 2.16. The number of nitrogens with two attached hydrogens (primary N) is 1. The van der Waals surface area contributed by atoms with E-state index in [1.54, 1.807) is 30.6 Å². The molecule has 0 fully saturated rings. The lowest BCUT2D eigenvalue weighted by molar-refractivity contribution is -0.386. The number of benzene rings is 2. The molecule has 0 saturated heterocycles. The predicted octanol–water partition coefficient (Wildman–Crippen LogP) is 2.86. The third kappa shape index (κ3) is 6.10. The lowest BCUT2D eigenvalue weighted by Gasteiger charge is -2.09. The zero-order valence-electron chi connectivity index (χ0n) is 16.8. The van der Waals surface area contributed by atoms with Crippen molar-refractivity contribution in [3.63, 3.8) is 0 Å². The number of hydrazone groups is 1. The van der Waals surface area contributed by atoms with Gasteiger partial charge in [-0.2, -0.15) is 5.10 Å². The van der Waals surface area contributed by atoms with E-state index >= 15 is 0 Å². The maximum absolute atomic E-state index is 12.2. The number of carbonyl (C=O) groups is 1. The molecule has 0 atom stereocenters. The molecular weight excluding hydrogens is 398 g/mol. The molecule has 3 aromatic rings. The van der Waals surface area contributed by atoms with Crippen LogP contribution in [0, 0.1) is 17.0 Å². The van der Waals surface area contributed by atoms with Crippen LogP contribution in [0.2, 0.25) is 0 Å². The summed E-state index contributed by atoms with van der Waals surface area (Å²) in [5, 5.41) is 15.3. The van der Waals surface area contributed by atoms with Gasteiger partial charge in [-0.1, -0.05) is 35.9 Å².